The Morgan fingerprint density at radius 3 is 2.36 bits per heavy atom. The molecule has 2 N–H and O–H groups in total. The Hall–Kier alpha value is -0.500. The fourth-order valence-electron chi connectivity index (χ4n) is 0.835. The summed E-state index contributed by atoms with van der Waals surface area (Å²) in [6, 6.07) is 0. The first-order chi connectivity index (χ1) is 5.08. The summed E-state index contributed by atoms with van der Waals surface area (Å²) in [5.41, 5.74) is 1.25. The van der Waals surface area contributed by atoms with Crippen molar-refractivity contribution >= 4 is 0 Å². The van der Waals surface area contributed by atoms with E-state index in [4.69, 9.17) is 0 Å². The van der Waals surface area contributed by atoms with Crippen LogP contribution in [0.4, 0.5) is 0 Å². The summed E-state index contributed by atoms with van der Waals surface area (Å²) in [5.74, 6) is 0. The molecule has 0 aliphatic carbocycles. The Labute approximate surface area is 70.1 Å². The van der Waals surface area contributed by atoms with E-state index < -0.39 is 0 Å². The lowest BCUT2D eigenvalue weighted by Gasteiger charge is -2.30. The highest BCUT2D eigenvalue weighted by Gasteiger charge is 2.17. The molecule has 0 saturated heterocycles. The molecule has 0 rings (SSSR count). The van der Waals surface area contributed by atoms with Gasteiger partial charge in [0.05, 0.1) is 5.66 Å². The predicted octanol–water partition coefficient (Wildman–Crippen LogP) is 1.85. The van der Waals surface area contributed by atoms with Gasteiger partial charge in [-0.3, -0.25) is 5.32 Å². The molecule has 0 aromatic heterocycles. The summed E-state index contributed by atoms with van der Waals surface area (Å²) in [6.07, 6.45) is 3.14. The minimum Gasteiger partial charge on any atom is -0.371 e. The predicted molar refractivity (Wildman–Crippen MR) is 50.3 cm³/mol. The minimum absolute atomic E-state index is 0.0383. The first-order valence-corrected chi connectivity index (χ1v) is 4.18. The van der Waals surface area contributed by atoms with Crippen molar-refractivity contribution in [2.24, 2.45) is 0 Å². The monoisotopic (exact) mass is 156 g/mol. The standard InChI is InChI=1S/C9H20N2/c1-6-8(3)11-9(4,7-2)10-5/h6,10-11H,7H2,1-5H3/b8-6+. The van der Waals surface area contributed by atoms with E-state index in [0.717, 1.165) is 6.42 Å². The highest BCUT2D eigenvalue weighted by Crippen LogP contribution is 2.05. The lowest BCUT2D eigenvalue weighted by Crippen LogP contribution is -2.51. The third-order valence-corrected chi connectivity index (χ3v) is 2.16. The molecule has 11 heavy (non-hydrogen) atoms. The van der Waals surface area contributed by atoms with E-state index in [1.807, 2.05) is 14.0 Å². The first-order valence-electron chi connectivity index (χ1n) is 4.18. The maximum atomic E-state index is 3.39. The lowest BCUT2D eigenvalue weighted by atomic mass is 10.1. The highest BCUT2D eigenvalue weighted by molar-refractivity contribution is 4.98. The fourth-order valence-corrected chi connectivity index (χ4v) is 0.835. The van der Waals surface area contributed by atoms with Crippen LogP contribution in [0, 0.1) is 0 Å². The molecule has 1 atom stereocenters. The van der Waals surface area contributed by atoms with Gasteiger partial charge < -0.3 is 5.32 Å². The van der Waals surface area contributed by atoms with Crippen molar-refractivity contribution in [3.05, 3.63) is 11.8 Å². The zero-order valence-electron chi connectivity index (χ0n) is 8.28. The summed E-state index contributed by atoms with van der Waals surface area (Å²) in [4.78, 5) is 0. The minimum atomic E-state index is 0.0383. The maximum Gasteiger partial charge on any atom is 0.0844 e. The van der Waals surface area contributed by atoms with Crippen molar-refractivity contribution in [3.63, 3.8) is 0 Å². The van der Waals surface area contributed by atoms with Crippen molar-refractivity contribution in [2.45, 2.75) is 39.8 Å². The summed E-state index contributed by atoms with van der Waals surface area (Å²) in [7, 11) is 1.97. The average molecular weight is 156 g/mol. The van der Waals surface area contributed by atoms with Gasteiger partial charge in [0.15, 0.2) is 0 Å². The third kappa shape index (κ3) is 3.42. The molecule has 2 heteroatoms. The Kier molecular flexibility index (Phi) is 4.19. The normalized spacial score (nSPS) is 17.7. The van der Waals surface area contributed by atoms with Gasteiger partial charge in [0, 0.05) is 5.70 Å². The molecule has 0 heterocycles. The van der Waals surface area contributed by atoms with Crippen molar-refractivity contribution < 1.29 is 0 Å². The second-order valence-corrected chi connectivity index (χ2v) is 3.03. The second-order valence-electron chi connectivity index (χ2n) is 3.03. The van der Waals surface area contributed by atoms with Gasteiger partial charge in [-0.25, -0.2) is 0 Å². The van der Waals surface area contributed by atoms with Crippen molar-refractivity contribution in [1.29, 1.82) is 0 Å². The van der Waals surface area contributed by atoms with Crippen LogP contribution in [0.5, 0.6) is 0 Å². The molecule has 2 nitrogen and oxygen atoms in total. The molecule has 0 bridgehead atoms. The van der Waals surface area contributed by atoms with Crippen molar-refractivity contribution in [2.75, 3.05) is 7.05 Å². The van der Waals surface area contributed by atoms with Crippen LogP contribution in [0.2, 0.25) is 0 Å². The number of allylic oxidation sites excluding steroid dienone is 2. The Bertz CT molecular complexity index is 134. The van der Waals surface area contributed by atoms with Crippen LogP contribution in [-0.4, -0.2) is 12.7 Å². The van der Waals surface area contributed by atoms with E-state index >= 15 is 0 Å². The zero-order chi connectivity index (χ0) is 8.91. The fraction of sp³-hybridized carbons (Fsp3) is 0.778. The van der Waals surface area contributed by atoms with Crippen LogP contribution < -0.4 is 10.6 Å². The zero-order valence-corrected chi connectivity index (χ0v) is 8.28. The largest absolute Gasteiger partial charge is 0.371 e. The molecular formula is C9H20N2. The average Bonchev–Trinajstić information content (AvgIpc) is 2.04. The molecule has 0 aliphatic rings. The van der Waals surface area contributed by atoms with E-state index in [2.05, 4.69) is 37.5 Å². The molecule has 0 saturated carbocycles. The smallest absolute Gasteiger partial charge is 0.0844 e. The van der Waals surface area contributed by atoms with Gasteiger partial charge in [-0.2, -0.15) is 0 Å². The lowest BCUT2D eigenvalue weighted by molar-refractivity contribution is 0.320. The topological polar surface area (TPSA) is 24.1 Å². The van der Waals surface area contributed by atoms with E-state index in [1.54, 1.807) is 0 Å². The Balaban J connectivity index is 4.08. The van der Waals surface area contributed by atoms with Crippen molar-refractivity contribution in [3.8, 4) is 0 Å². The number of hydrogen-bond acceptors (Lipinski definition) is 2. The van der Waals surface area contributed by atoms with Gasteiger partial charge in [0.25, 0.3) is 0 Å². The molecule has 0 aliphatic heterocycles. The molecule has 1 unspecified atom stereocenters. The maximum absolute atomic E-state index is 3.39. The summed E-state index contributed by atoms with van der Waals surface area (Å²) in [5, 5.41) is 6.63. The van der Waals surface area contributed by atoms with Crippen molar-refractivity contribution in [1.82, 2.24) is 10.6 Å². The van der Waals surface area contributed by atoms with E-state index in [0.29, 0.717) is 0 Å². The molecule has 66 valence electrons. The molecule has 0 spiro atoms. The Morgan fingerprint density at radius 2 is 2.09 bits per heavy atom. The Morgan fingerprint density at radius 1 is 1.55 bits per heavy atom. The van der Waals surface area contributed by atoms with Gasteiger partial charge in [-0.05, 0) is 34.2 Å². The number of nitrogens with one attached hydrogen (secondary N) is 2. The van der Waals surface area contributed by atoms with Crippen LogP contribution in [0.1, 0.15) is 34.1 Å². The van der Waals surface area contributed by atoms with Gasteiger partial charge in [0.1, 0.15) is 0 Å². The van der Waals surface area contributed by atoms with Gasteiger partial charge >= 0.3 is 0 Å². The molecule has 0 aromatic carbocycles. The van der Waals surface area contributed by atoms with E-state index in [-0.39, 0.29) is 5.66 Å². The van der Waals surface area contributed by atoms with E-state index in [9.17, 15) is 0 Å². The van der Waals surface area contributed by atoms with Crippen LogP contribution in [0.3, 0.4) is 0 Å². The van der Waals surface area contributed by atoms with E-state index in [1.165, 1.54) is 5.70 Å². The van der Waals surface area contributed by atoms with Crippen LogP contribution >= 0.6 is 0 Å². The van der Waals surface area contributed by atoms with Gasteiger partial charge in [-0.15, -0.1) is 0 Å². The van der Waals surface area contributed by atoms with Gasteiger partial charge in [-0.1, -0.05) is 13.0 Å². The quantitative estimate of drug-likeness (QED) is 0.607. The summed E-state index contributed by atoms with van der Waals surface area (Å²) >= 11 is 0. The van der Waals surface area contributed by atoms with Crippen LogP contribution in [0.15, 0.2) is 11.8 Å². The highest BCUT2D eigenvalue weighted by atomic mass is 15.2. The molecular weight excluding hydrogens is 136 g/mol. The third-order valence-electron chi connectivity index (χ3n) is 2.16. The summed E-state index contributed by atoms with van der Waals surface area (Å²) < 4.78 is 0. The number of hydrogen-bond donors (Lipinski definition) is 2. The van der Waals surface area contributed by atoms with Crippen LogP contribution in [0.25, 0.3) is 0 Å². The van der Waals surface area contributed by atoms with Crippen LogP contribution in [-0.2, 0) is 0 Å². The first kappa shape index (κ1) is 10.5. The summed E-state index contributed by atoms with van der Waals surface area (Å²) in [6.45, 7) is 8.42. The molecule has 0 aromatic rings. The SMILES string of the molecule is C/C=C(\C)NC(C)(CC)NC. The molecule has 0 fully saturated rings. The molecule has 0 amide bonds. The second kappa shape index (κ2) is 4.39. The number of rotatable bonds is 4. The molecule has 0 radical (unpaired) electrons. The van der Waals surface area contributed by atoms with Gasteiger partial charge in [0.2, 0.25) is 0 Å².